The highest BCUT2D eigenvalue weighted by Crippen LogP contribution is 2.15. The normalized spacial score (nSPS) is 13.0. The summed E-state index contributed by atoms with van der Waals surface area (Å²) in [5.74, 6) is 0.904. The van der Waals surface area contributed by atoms with E-state index in [0.717, 1.165) is 23.9 Å². The predicted molar refractivity (Wildman–Crippen MR) is 60.9 cm³/mol. The molecule has 0 aliphatic heterocycles. The molecule has 1 rings (SSSR count). The van der Waals surface area contributed by atoms with E-state index in [2.05, 4.69) is 22.3 Å². The van der Waals surface area contributed by atoms with Crippen LogP contribution < -0.4 is 5.32 Å². The zero-order chi connectivity index (χ0) is 11.1. The third kappa shape index (κ3) is 4.19. The molecule has 0 spiro atoms. The van der Waals surface area contributed by atoms with Crippen molar-refractivity contribution in [2.45, 2.75) is 24.5 Å². The smallest absolute Gasteiger partial charge is 0.185 e. The number of nitrogens with zero attached hydrogens (tertiary/aromatic N) is 3. The molecule has 0 aromatic carbocycles. The van der Waals surface area contributed by atoms with Gasteiger partial charge in [-0.1, -0.05) is 18.7 Å². The molecule has 0 radical (unpaired) electrons. The van der Waals surface area contributed by atoms with E-state index >= 15 is 0 Å². The van der Waals surface area contributed by atoms with Crippen molar-refractivity contribution in [3.63, 3.8) is 0 Å². The average molecular weight is 230 g/mol. The van der Waals surface area contributed by atoms with E-state index in [1.54, 1.807) is 22.8 Å². The van der Waals surface area contributed by atoms with Crippen LogP contribution in [0.15, 0.2) is 11.5 Å². The van der Waals surface area contributed by atoms with Crippen LogP contribution in [-0.2, 0) is 7.05 Å². The van der Waals surface area contributed by atoms with Crippen molar-refractivity contribution in [1.82, 2.24) is 20.1 Å². The first-order valence-electron chi connectivity index (χ1n) is 5.09. The summed E-state index contributed by atoms with van der Waals surface area (Å²) in [6.07, 6.45) is 2.33. The fourth-order valence-electron chi connectivity index (χ4n) is 1.28. The van der Waals surface area contributed by atoms with Gasteiger partial charge in [0.15, 0.2) is 5.16 Å². The minimum absolute atomic E-state index is 0.219. The van der Waals surface area contributed by atoms with Crippen molar-refractivity contribution in [3.05, 3.63) is 6.33 Å². The van der Waals surface area contributed by atoms with E-state index in [1.165, 1.54) is 0 Å². The average Bonchev–Trinajstić information content (AvgIpc) is 2.61. The van der Waals surface area contributed by atoms with Crippen LogP contribution in [0.5, 0.6) is 0 Å². The van der Waals surface area contributed by atoms with Gasteiger partial charge in [-0.3, -0.25) is 0 Å². The number of aromatic nitrogens is 3. The minimum atomic E-state index is 0.219. The second kappa shape index (κ2) is 6.81. The number of hydrogen-bond acceptors (Lipinski definition) is 5. The molecule has 1 unspecified atom stereocenters. The zero-order valence-corrected chi connectivity index (χ0v) is 10.00. The molecule has 0 saturated heterocycles. The molecular weight excluding hydrogens is 212 g/mol. The fraction of sp³-hybridized carbons (Fsp3) is 0.778. The number of aliphatic hydroxyl groups is 1. The lowest BCUT2D eigenvalue weighted by Gasteiger charge is -2.15. The van der Waals surface area contributed by atoms with E-state index in [0.29, 0.717) is 6.04 Å². The summed E-state index contributed by atoms with van der Waals surface area (Å²) in [6, 6.07) is 0.335. The molecule has 1 heterocycles. The number of thioether (sulfide) groups is 1. The number of aryl methyl sites for hydroxylation is 1. The maximum absolute atomic E-state index is 8.89. The Balaban J connectivity index is 2.36. The second-order valence-corrected chi connectivity index (χ2v) is 4.23. The third-order valence-electron chi connectivity index (χ3n) is 2.05. The molecule has 0 saturated carbocycles. The van der Waals surface area contributed by atoms with E-state index in [4.69, 9.17) is 5.11 Å². The van der Waals surface area contributed by atoms with Crippen LogP contribution in [0.4, 0.5) is 0 Å². The van der Waals surface area contributed by atoms with E-state index in [-0.39, 0.29) is 6.61 Å². The van der Waals surface area contributed by atoms with Gasteiger partial charge in [0, 0.05) is 25.4 Å². The molecule has 0 bridgehead atoms. The molecule has 5 nitrogen and oxygen atoms in total. The monoisotopic (exact) mass is 230 g/mol. The lowest BCUT2D eigenvalue weighted by atomic mass is 10.2. The van der Waals surface area contributed by atoms with Gasteiger partial charge in [-0.05, 0) is 13.0 Å². The molecule has 2 N–H and O–H groups in total. The van der Waals surface area contributed by atoms with Crippen molar-refractivity contribution in [1.29, 1.82) is 0 Å². The van der Waals surface area contributed by atoms with Gasteiger partial charge in [0.1, 0.15) is 6.33 Å². The maximum Gasteiger partial charge on any atom is 0.185 e. The summed E-state index contributed by atoms with van der Waals surface area (Å²) in [5, 5.41) is 17.1. The number of aliphatic hydroxyl groups excluding tert-OH is 1. The summed E-state index contributed by atoms with van der Waals surface area (Å²) in [7, 11) is 1.88. The van der Waals surface area contributed by atoms with Gasteiger partial charge in [-0.25, -0.2) is 9.67 Å². The highest BCUT2D eigenvalue weighted by Gasteiger charge is 2.09. The molecule has 0 aliphatic carbocycles. The molecule has 0 fully saturated rings. The van der Waals surface area contributed by atoms with Crippen LogP contribution in [0.25, 0.3) is 0 Å². The van der Waals surface area contributed by atoms with Gasteiger partial charge in [0.05, 0.1) is 0 Å². The first-order valence-corrected chi connectivity index (χ1v) is 6.07. The highest BCUT2D eigenvalue weighted by molar-refractivity contribution is 7.99. The second-order valence-electron chi connectivity index (χ2n) is 3.24. The van der Waals surface area contributed by atoms with E-state index in [1.807, 2.05) is 7.05 Å². The van der Waals surface area contributed by atoms with Gasteiger partial charge in [0.2, 0.25) is 0 Å². The van der Waals surface area contributed by atoms with Crippen LogP contribution in [0.3, 0.4) is 0 Å². The van der Waals surface area contributed by atoms with Crippen molar-refractivity contribution < 1.29 is 5.11 Å². The topological polar surface area (TPSA) is 63.0 Å². The lowest BCUT2D eigenvalue weighted by Crippen LogP contribution is -2.32. The third-order valence-corrected chi connectivity index (χ3v) is 3.25. The molecule has 86 valence electrons. The Morgan fingerprint density at radius 2 is 2.47 bits per heavy atom. The van der Waals surface area contributed by atoms with Crippen molar-refractivity contribution in [3.8, 4) is 0 Å². The van der Waals surface area contributed by atoms with Crippen LogP contribution in [0, 0.1) is 0 Å². The number of hydrogen-bond donors (Lipinski definition) is 2. The van der Waals surface area contributed by atoms with Crippen LogP contribution in [-0.4, -0.2) is 44.8 Å². The standard InChI is InChI=1S/C9H18N4OS/c1-3-10-8(4-5-14)6-15-9-11-7-12-13(9)2/h7-8,10,14H,3-6H2,1-2H3. The first-order chi connectivity index (χ1) is 7.27. The Morgan fingerprint density at radius 1 is 1.67 bits per heavy atom. The van der Waals surface area contributed by atoms with Gasteiger partial charge < -0.3 is 10.4 Å². The fourth-order valence-corrected chi connectivity index (χ4v) is 2.27. The van der Waals surface area contributed by atoms with Crippen LogP contribution in [0.1, 0.15) is 13.3 Å². The summed E-state index contributed by atoms with van der Waals surface area (Å²) < 4.78 is 1.76. The minimum Gasteiger partial charge on any atom is -0.396 e. The van der Waals surface area contributed by atoms with Crippen molar-refractivity contribution in [2.75, 3.05) is 18.9 Å². The molecule has 1 atom stereocenters. The summed E-state index contributed by atoms with van der Waals surface area (Å²) >= 11 is 1.66. The largest absolute Gasteiger partial charge is 0.396 e. The van der Waals surface area contributed by atoms with Crippen LogP contribution in [0.2, 0.25) is 0 Å². The quantitative estimate of drug-likeness (QED) is 0.658. The molecular formula is C9H18N4OS. The molecule has 1 aromatic rings. The SMILES string of the molecule is CCNC(CCO)CSc1ncnn1C. The summed E-state index contributed by atoms with van der Waals surface area (Å²) in [5.41, 5.74) is 0. The Labute approximate surface area is 94.3 Å². The summed E-state index contributed by atoms with van der Waals surface area (Å²) in [4.78, 5) is 4.13. The van der Waals surface area contributed by atoms with Gasteiger partial charge in [-0.2, -0.15) is 5.10 Å². The predicted octanol–water partition coefficient (Wildman–Crippen LogP) is 0.268. The van der Waals surface area contributed by atoms with E-state index in [9.17, 15) is 0 Å². The Kier molecular flexibility index (Phi) is 5.67. The lowest BCUT2D eigenvalue weighted by molar-refractivity contribution is 0.271. The molecule has 0 amide bonds. The Morgan fingerprint density at radius 3 is 3.00 bits per heavy atom. The van der Waals surface area contributed by atoms with Crippen LogP contribution >= 0.6 is 11.8 Å². The first kappa shape index (κ1) is 12.5. The molecule has 15 heavy (non-hydrogen) atoms. The zero-order valence-electron chi connectivity index (χ0n) is 9.18. The highest BCUT2D eigenvalue weighted by atomic mass is 32.2. The Hall–Kier alpha value is -0.590. The van der Waals surface area contributed by atoms with Crippen molar-refractivity contribution >= 4 is 11.8 Å². The number of rotatable bonds is 7. The van der Waals surface area contributed by atoms with E-state index < -0.39 is 0 Å². The van der Waals surface area contributed by atoms with Gasteiger partial charge in [-0.15, -0.1) is 0 Å². The van der Waals surface area contributed by atoms with Crippen molar-refractivity contribution in [2.24, 2.45) is 7.05 Å². The Bertz CT molecular complexity index is 273. The van der Waals surface area contributed by atoms with Gasteiger partial charge in [0.25, 0.3) is 0 Å². The molecule has 1 aromatic heterocycles. The van der Waals surface area contributed by atoms with Gasteiger partial charge >= 0.3 is 0 Å². The number of nitrogens with one attached hydrogen (secondary N) is 1. The molecule has 6 heteroatoms. The summed E-state index contributed by atoms with van der Waals surface area (Å²) in [6.45, 7) is 3.21. The molecule has 0 aliphatic rings. The maximum atomic E-state index is 8.89.